The fourth-order valence-corrected chi connectivity index (χ4v) is 3.94. The standard InChI is InChI=1S/C26H21Cl2N3O5/c1-35-23-9-5-3-7-20(23)29-24(32)14-31-25(33)21(30-26(31)34)12-16-6-2-4-8-22(16)36-15-17-10-11-18(27)13-19(17)28/h2-13H,14-15H2,1H3,(H,29,32)(H,30,34)/b21-12+. The van der Waals surface area contributed by atoms with E-state index in [1.807, 2.05) is 0 Å². The molecule has 3 aromatic rings. The van der Waals surface area contributed by atoms with Gasteiger partial charge in [0.1, 0.15) is 30.3 Å². The third-order valence-corrected chi connectivity index (χ3v) is 5.85. The highest BCUT2D eigenvalue weighted by Crippen LogP contribution is 2.27. The van der Waals surface area contributed by atoms with Gasteiger partial charge in [-0.05, 0) is 36.4 Å². The molecule has 8 nitrogen and oxygen atoms in total. The van der Waals surface area contributed by atoms with Gasteiger partial charge in [-0.1, -0.05) is 59.6 Å². The van der Waals surface area contributed by atoms with Crippen LogP contribution in [0.2, 0.25) is 10.0 Å². The van der Waals surface area contributed by atoms with Crippen molar-refractivity contribution >= 4 is 52.8 Å². The number of para-hydroxylation sites is 3. The molecule has 0 radical (unpaired) electrons. The van der Waals surface area contributed by atoms with E-state index < -0.39 is 24.4 Å². The summed E-state index contributed by atoms with van der Waals surface area (Å²) in [5.41, 5.74) is 1.75. The molecule has 1 saturated heterocycles. The van der Waals surface area contributed by atoms with Crippen LogP contribution in [-0.2, 0) is 16.2 Å². The van der Waals surface area contributed by atoms with Crippen LogP contribution in [-0.4, -0.2) is 36.4 Å². The highest BCUT2D eigenvalue weighted by Gasteiger charge is 2.35. The van der Waals surface area contributed by atoms with Crippen LogP contribution >= 0.6 is 23.2 Å². The van der Waals surface area contributed by atoms with Crippen LogP contribution in [0.1, 0.15) is 11.1 Å². The molecule has 0 saturated carbocycles. The first-order valence-corrected chi connectivity index (χ1v) is 11.5. The molecule has 0 unspecified atom stereocenters. The Morgan fingerprint density at radius 1 is 1.03 bits per heavy atom. The number of hydrogen-bond acceptors (Lipinski definition) is 5. The lowest BCUT2D eigenvalue weighted by Crippen LogP contribution is -2.38. The highest BCUT2D eigenvalue weighted by atomic mass is 35.5. The number of carbonyl (C=O) groups is 3. The zero-order chi connectivity index (χ0) is 25.7. The molecule has 0 aromatic heterocycles. The van der Waals surface area contributed by atoms with Gasteiger partial charge in [-0.2, -0.15) is 0 Å². The maximum absolute atomic E-state index is 12.9. The molecule has 0 bridgehead atoms. The number of benzene rings is 3. The van der Waals surface area contributed by atoms with Crippen LogP contribution in [0.15, 0.2) is 72.4 Å². The highest BCUT2D eigenvalue weighted by molar-refractivity contribution is 6.35. The Hall–Kier alpha value is -4.01. The van der Waals surface area contributed by atoms with Gasteiger partial charge in [0.15, 0.2) is 0 Å². The van der Waals surface area contributed by atoms with Crippen LogP contribution < -0.4 is 20.1 Å². The lowest BCUT2D eigenvalue weighted by molar-refractivity contribution is -0.127. The number of nitrogens with zero attached hydrogens (tertiary/aromatic N) is 1. The average molecular weight is 526 g/mol. The summed E-state index contributed by atoms with van der Waals surface area (Å²) in [5, 5.41) is 6.15. The molecule has 4 rings (SSSR count). The molecule has 4 amide bonds. The third kappa shape index (κ3) is 5.79. The summed E-state index contributed by atoms with van der Waals surface area (Å²) in [6.45, 7) is -0.293. The maximum Gasteiger partial charge on any atom is 0.329 e. The number of anilines is 1. The van der Waals surface area contributed by atoms with Gasteiger partial charge >= 0.3 is 6.03 Å². The first-order chi connectivity index (χ1) is 17.4. The van der Waals surface area contributed by atoms with E-state index in [0.29, 0.717) is 32.8 Å². The Morgan fingerprint density at radius 3 is 2.50 bits per heavy atom. The second-order valence-electron chi connectivity index (χ2n) is 7.69. The van der Waals surface area contributed by atoms with Crippen molar-refractivity contribution in [3.8, 4) is 11.5 Å². The zero-order valence-electron chi connectivity index (χ0n) is 19.1. The molecular formula is C26H21Cl2N3O5. The van der Waals surface area contributed by atoms with Crippen molar-refractivity contribution < 1.29 is 23.9 Å². The number of imide groups is 1. The van der Waals surface area contributed by atoms with Crippen molar-refractivity contribution in [2.24, 2.45) is 0 Å². The molecular weight excluding hydrogens is 505 g/mol. The lowest BCUT2D eigenvalue weighted by Gasteiger charge is -2.13. The summed E-state index contributed by atoms with van der Waals surface area (Å²) >= 11 is 12.2. The van der Waals surface area contributed by atoms with E-state index in [0.717, 1.165) is 10.5 Å². The number of urea groups is 1. The SMILES string of the molecule is COc1ccccc1NC(=O)CN1C(=O)N/C(=C/c2ccccc2OCc2ccc(Cl)cc2Cl)C1=O. The van der Waals surface area contributed by atoms with Crippen molar-refractivity contribution in [2.45, 2.75) is 6.61 Å². The normalized spacial score (nSPS) is 14.1. The van der Waals surface area contributed by atoms with Crippen molar-refractivity contribution in [1.29, 1.82) is 0 Å². The monoisotopic (exact) mass is 525 g/mol. The summed E-state index contributed by atoms with van der Waals surface area (Å²) in [5.74, 6) is -0.246. The second kappa shape index (κ2) is 11.2. The van der Waals surface area contributed by atoms with E-state index in [1.54, 1.807) is 66.7 Å². The molecule has 2 N–H and O–H groups in total. The Balaban J connectivity index is 1.46. The Labute approximate surface area is 217 Å². The number of halogens is 2. The van der Waals surface area contributed by atoms with Gasteiger partial charge in [0.2, 0.25) is 5.91 Å². The summed E-state index contributed by atoms with van der Waals surface area (Å²) in [6.07, 6.45) is 1.50. The van der Waals surface area contributed by atoms with Crippen LogP contribution in [0.4, 0.5) is 10.5 Å². The zero-order valence-corrected chi connectivity index (χ0v) is 20.6. The molecule has 1 fully saturated rings. The lowest BCUT2D eigenvalue weighted by atomic mass is 10.1. The summed E-state index contributed by atoms with van der Waals surface area (Å²) in [6, 6.07) is 18.3. The average Bonchev–Trinajstić information content (AvgIpc) is 3.12. The number of ether oxygens (including phenoxy) is 2. The number of hydrogen-bond donors (Lipinski definition) is 2. The van der Waals surface area contributed by atoms with Crippen LogP contribution in [0.5, 0.6) is 11.5 Å². The predicted molar refractivity (Wildman–Crippen MR) is 137 cm³/mol. The van der Waals surface area contributed by atoms with E-state index in [-0.39, 0.29) is 12.3 Å². The van der Waals surface area contributed by atoms with E-state index >= 15 is 0 Å². The largest absolute Gasteiger partial charge is 0.495 e. The number of rotatable bonds is 8. The molecule has 1 aliphatic heterocycles. The number of nitrogens with one attached hydrogen (secondary N) is 2. The minimum Gasteiger partial charge on any atom is -0.495 e. The van der Waals surface area contributed by atoms with Crippen molar-refractivity contribution in [3.05, 3.63) is 93.6 Å². The van der Waals surface area contributed by atoms with Gasteiger partial charge in [-0.3, -0.25) is 9.59 Å². The number of amides is 4. The van der Waals surface area contributed by atoms with E-state index in [2.05, 4.69) is 10.6 Å². The smallest absolute Gasteiger partial charge is 0.329 e. The summed E-state index contributed by atoms with van der Waals surface area (Å²) in [4.78, 5) is 38.7. The molecule has 1 heterocycles. The Kier molecular flexibility index (Phi) is 7.77. The van der Waals surface area contributed by atoms with Gasteiger partial charge in [-0.25, -0.2) is 9.69 Å². The molecule has 10 heteroatoms. The number of carbonyl (C=O) groups excluding carboxylic acids is 3. The van der Waals surface area contributed by atoms with Crippen molar-refractivity contribution in [2.75, 3.05) is 19.0 Å². The van der Waals surface area contributed by atoms with Crippen LogP contribution in [0.25, 0.3) is 6.08 Å². The fourth-order valence-electron chi connectivity index (χ4n) is 3.48. The Bertz CT molecular complexity index is 1360. The van der Waals surface area contributed by atoms with Gasteiger partial charge in [0.25, 0.3) is 5.91 Å². The first-order valence-electron chi connectivity index (χ1n) is 10.8. The van der Waals surface area contributed by atoms with Gasteiger partial charge in [0, 0.05) is 21.2 Å². The van der Waals surface area contributed by atoms with Gasteiger partial charge in [0.05, 0.1) is 12.8 Å². The predicted octanol–water partition coefficient (Wildman–Crippen LogP) is 5.11. The molecule has 1 aliphatic rings. The molecule has 0 aliphatic carbocycles. The topological polar surface area (TPSA) is 97.0 Å². The fraction of sp³-hybridized carbons (Fsp3) is 0.115. The number of methoxy groups -OCH3 is 1. The summed E-state index contributed by atoms with van der Waals surface area (Å²) in [7, 11) is 1.48. The van der Waals surface area contributed by atoms with Crippen molar-refractivity contribution in [3.63, 3.8) is 0 Å². The Morgan fingerprint density at radius 2 is 1.75 bits per heavy atom. The minimum absolute atomic E-state index is 0.0191. The quantitative estimate of drug-likeness (QED) is 0.314. The summed E-state index contributed by atoms with van der Waals surface area (Å²) < 4.78 is 11.1. The van der Waals surface area contributed by atoms with E-state index in [4.69, 9.17) is 32.7 Å². The molecule has 3 aromatic carbocycles. The molecule has 184 valence electrons. The maximum atomic E-state index is 12.9. The van der Waals surface area contributed by atoms with Gasteiger partial charge < -0.3 is 20.1 Å². The third-order valence-electron chi connectivity index (χ3n) is 5.26. The van der Waals surface area contributed by atoms with Gasteiger partial charge in [-0.15, -0.1) is 0 Å². The second-order valence-corrected chi connectivity index (χ2v) is 8.53. The van der Waals surface area contributed by atoms with E-state index in [9.17, 15) is 14.4 Å². The van der Waals surface area contributed by atoms with Crippen LogP contribution in [0.3, 0.4) is 0 Å². The van der Waals surface area contributed by atoms with E-state index in [1.165, 1.54) is 13.2 Å². The minimum atomic E-state index is -0.701. The molecule has 36 heavy (non-hydrogen) atoms. The molecule has 0 spiro atoms. The molecule has 0 atom stereocenters. The van der Waals surface area contributed by atoms with Crippen LogP contribution in [0, 0.1) is 0 Å². The first kappa shape index (κ1) is 25.1. The van der Waals surface area contributed by atoms with Crippen molar-refractivity contribution in [1.82, 2.24) is 10.2 Å².